The van der Waals surface area contributed by atoms with Crippen LogP contribution < -0.4 is 0 Å². The monoisotopic (exact) mass is 218 g/mol. The van der Waals surface area contributed by atoms with Gasteiger partial charge >= 0.3 is 5.97 Å². The highest BCUT2D eigenvalue weighted by Gasteiger charge is 2.23. The molecule has 90 valence electrons. The average Bonchev–Trinajstić information content (AvgIpc) is 2.11. The van der Waals surface area contributed by atoms with Crippen molar-refractivity contribution in [2.75, 3.05) is 6.61 Å². The molecule has 0 saturated carbocycles. The van der Waals surface area contributed by atoms with E-state index in [1.54, 1.807) is 6.92 Å². The number of rotatable bonds is 6. The normalized spacial score (nSPS) is 13.7. The van der Waals surface area contributed by atoms with Crippen molar-refractivity contribution in [1.29, 1.82) is 0 Å². The van der Waals surface area contributed by atoms with Gasteiger partial charge in [-0.25, -0.2) is 14.6 Å². The van der Waals surface area contributed by atoms with Crippen LogP contribution in [-0.2, 0) is 19.3 Å². The van der Waals surface area contributed by atoms with Gasteiger partial charge in [-0.1, -0.05) is 13.3 Å². The van der Waals surface area contributed by atoms with E-state index in [2.05, 4.69) is 0 Å². The van der Waals surface area contributed by atoms with E-state index in [1.807, 2.05) is 27.7 Å². The zero-order valence-electron chi connectivity index (χ0n) is 10.3. The molecular formula is C11H22O4. The van der Waals surface area contributed by atoms with Crippen LogP contribution >= 0.6 is 0 Å². The van der Waals surface area contributed by atoms with Crippen molar-refractivity contribution in [1.82, 2.24) is 0 Å². The first-order valence-electron chi connectivity index (χ1n) is 5.41. The van der Waals surface area contributed by atoms with Crippen LogP contribution in [0.2, 0.25) is 0 Å². The molecule has 0 radical (unpaired) electrons. The van der Waals surface area contributed by atoms with Gasteiger partial charge in [-0.15, -0.1) is 0 Å². The Morgan fingerprint density at radius 2 is 1.87 bits per heavy atom. The second kappa shape index (κ2) is 6.80. The number of esters is 1. The number of hydrogen-bond donors (Lipinski definition) is 0. The van der Waals surface area contributed by atoms with Crippen LogP contribution in [0.5, 0.6) is 0 Å². The Morgan fingerprint density at radius 3 is 2.27 bits per heavy atom. The van der Waals surface area contributed by atoms with E-state index in [4.69, 9.17) is 14.5 Å². The van der Waals surface area contributed by atoms with Crippen LogP contribution in [0.1, 0.15) is 47.5 Å². The lowest BCUT2D eigenvalue weighted by Crippen LogP contribution is -2.31. The van der Waals surface area contributed by atoms with Crippen molar-refractivity contribution in [3.63, 3.8) is 0 Å². The molecule has 0 aliphatic carbocycles. The maximum Gasteiger partial charge on any atom is 0.338 e. The Labute approximate surface area is 91.8 Å². The Hall–Kier alpha value is -0.610. The summed E-state index contributed by atoms with van der Waals surface area (Å²) in [6.07, 6.45) is 0.834. The number of hydrogen-bond acceptors (Lipinski definition) is 4. The Balaban J connectivity index is 4.09. The zero-order chi connectivity index (χ0) is 11.9. The van der Waals surface area contributed by atoms with Crippen molar-refractivity contribution in [2.45, 2.75) is 59.2 Å². The first-order chi connectivity index (χ1) is 6.90. The van der Waals surface area contributed by atoms with Gasteiger partial charge < -0.3 is 4.74 Å². The Bertz CT molecular complexity index is 184. The zero-order valence-corrected chi connectivity index (χ0v) is 10.3. The van der Waals surface area contributed by atoms with Gasteiger partial charge in [0.2, 0.25) is 0 Å². The summed E-state index contributed by atoms with van der Waals surface area (Å²) in [6, 6.07) is 0. The van der Waals surface area contributed by atoms with Crippen LogP contribution in [0.3, 0.4) is 0 Å². The molecule has 0 aromatic carbocycles. The third kappa shape index (κ3) is 7.33. The first kappa shape index (κ1) is 14.4. The topological polar surface area (TPSA) is 44.8 Å². The number of ether oxygens (including phenoxy) is 1. The van der Waals surface area contributed by atoms with E-state index < -0.39 is 11.7 Å². The van der Waals surface area contributed by atoms with E-state index >= 15 is 0 Å². The Morgan fingerprint density at radius 1 is 1.27 bits per heavy atom. The summed E-state index contributed by atoms with van der Waals surface area (Å²) in [4.78, 5) is 21.6. The van der Waals surface area contributed by atoms with Crippen LogP contribution in [-0.4, -0.2) is 24.3 Å². The highest BCUT2D eigenvalue weighted by molar-refractivity contribution is 5.74. The summed E-state index contributed by atoms with van der Waals surface area (Å²) in [5, 5.41) is 0. The molecule has 0 aliphatic heterocycles. The van der Waals surface area contributed by atoms with Crippen LogP contribution in [0.15, 0.2) is 0 Å². The second-order valence-corrected chi connectivity index (χ2v) is 4.32. The van der Waals surface area contributed by atoms with E-state index in [0.717, 1.165) is 6.42 Å². The smallest absolute Gasteiger partial charge is 0.338 e. The minimum Gasteiger partial charge on any atom is -0.464 e. The molecule has 0 aliphatic rings. The third-order valence-corrected chi connectivity index (χ3v) is 1.51. The number of carbonyl (C=O) groups is 1. The molecule has 0 amide bonds. The van der Waals surface area contributed by atoms with Gasteiger partial charge in [-0.2, -0.15) is 0 Å². The summed E-state index contributed by atoms with van der Waals surface area (Å²) < 4.78 is 4.88. The fraction of sp³-hybridized carbons (Fsp3) is 0.909. The lowest BCUT2D eigenvalue weighted by Gasteiger charge is -2.21. The lowest BCUT2D eigenvalue weighted by molar-refractivity contribution is -0.368. The minimum atomic E-state index is -0.617. The van der Waals surface area contributed by atoms with Crippen molar-refractivity contribution in [3.05, 3.63) is 0 Å². The molecule has 4 nitrogen and oxygen atoms in total. The second-order valence-electron chi connectivity index (χ2n) is 4.32. The summed E-state index contributed by atoms with van der Waals surface area (Å²) in [5.41, 5.74) is -0.418. The van der Waals surface area contributed by atoms with Crippen molar-refractivity contribution in [2.24, 2.45) is 0 Å². The minimum absolute atomic E-state index is 0.358. The molecule has 0 aromatic rings. The summed E-state index contributed by atoms with van der Waals surface area (Å²) in [6.45, 7) is 9.69. The van der Waals surface area contributed by atoms with Gasteiger partial charge in [-0.3, -0.25) is 0 Å². The molecule has 0 spiro atoms. The standard InChI is InChI=1S/C11H22O4/c1-6-8-9(10(12)13-7-2)14-15-11(3,4)5/h9H,6-8H2,1-5H3. The molecule has 4 heteroatoms. The number of carbonyl (C=O) groups excluding carboxylic acids is 1. The molecule has 15 heavy (non-hydrogen) atoms. The van der Waals surface area contributed by atoms with Gasteiger partial charge in [0.1, 0.15) is 0 Å². The maximum atomic E-state index is 11.4. The van der Waals surface area contributed by atoms with Crippen molar-refractivity contribution >= 4 is 5.97 Å². The highest BCUT2D eigenvalue weighted by atomic mass is 17.2. The molecule has 0 N–H and O–H groups in total. The molecule has 0 aromatic heterocycles. The molecule has 0 rings (SSSR count). The molecule has 0 fully saturated rings. The fourth-order valence-electron chi connectivity index (χ4n) is 0.905. The van der Waals surface area contributed by atoms with Gasteiger partial charge in [0, 0.05) is 0 Å². The Kier molecular flexibility index (Phi) is 6.52. The third-order valence-electron chi connectivity index (χ3n) is 1.51. The van der Waals surface area contributed by atoms with Crippen LogP contribution in [0, 0.1) is 0 Å². The van der Waals surface area contributed by atoms with Gasteiger partial charge in [0.15, 0.2) is 6.10 Å². The SMILES string of the molecule is CCCC(OOC(C)(C)C)C(=O)OCC. The average molecular weight is 218 g/mol. The largest absolute Gasteiger partial charge is 0.464 e. The first-order valence-corrected chi connectivity index (χ1v) is 5.41. The molecule has 1 atom stereocenters. The molecule has 0 saturated heterocycles. The van der Waals surface area contributed by atoms with E-state index in [-0.39, 0.29) is 5.97 Å². The van der Waals surface area contributed by atoms with E-state index in [1.165, 1.54) is 0 Å². The van der Waals surface area contributed by atoms with E-state index in [0.29, 0.717) is 13.0 Å². The molecular weight excluding hydrogens is 196 g/mol. The summed E-state index contributed by atoms with van der Waals surface area (Å²) in [5.74, 6) is -0.358. The molecule has 0 heterocycles. The van der Waals surface area contributed by atoms with Crippen molar-refractivity contribution < 1.29 is 19.3 Å². The summed E-state index contributed by atoms with van der Waals surface area (Å²) in [7, 11) is 0. The lowest BCUT2D eigenvalue weighted by atomic mass is 10.2. The van der Waals surface area contributed by atoms with E-state index in [9.17, 15) is 4.79 Å². The van der Waals surface area contributed by atoms with Crippen molar-refractivity contribution in [3.8, 4) is 0 Å². The quantitative estimate of drug-likeness (QED) is 0.390. The van der Waals surface area contributed by atoms with Crippen LogP contribution in [0.25, 0.3) is 0 Å². The molecule has 1 unspecified atom stereocenters. The summed E-state index contributed by atoms with van der Waals surface area (Å²) >= 11 is 0. The molecule has 0 bridgehead atoms. The van der Waals surface area contributed by atoms with Crippen LogP contribution in [0.4, 0.5) is 0 Å². The predicted octanol–water partition coefficient (Wildman–Crippen LogP) is 2.46. The van der Waals surface area contributed by atoms with Gasteiger partial charge in [0.05, 0.1) is 12.2 Å². The van der Waals surface area contributed by atoms with Gasteiger partial charge in [-0.05, 0) is 34.1 Å². The van der Waals surface area contributed by atoms with Gasteiger partial charge in [0.25, 0.3) is 0 Å². The highest BCUT2D eigenvalue weighted by Crippen LogP contribution is 2.12. The predicted molar refractivity (Wildman–Crippen MR) is 57.3 cm³/mol. The maximum absolute atomic E-state index is 11.4. The fourth-order valence-corrected chi connectivity index (χ4v) is 0.905.